The van der Waals surface area contributed by atoms with Crippen LogP contribution < -0.4 is 0 Å². The Morgan fingerprint density at radius 2 is 2.43 bits per heavy atom. The average molecular weight is 100 g/mol. The standard InChI is InChI=1S/C6H12O/c1-4-6(3)7-5-2/h5-6H,2,4H2,1,3H3/t6-/m1/s1. The molecule has 0 saturated carbocycles. The fourth-order valence-corrected chi connectivity index (χ4v) is 0.260. The van der Waals surface area contributed by atoms with E-state index in [-0.39, 0.29) is 0 Å². The summed E-state index contributed by atoms with van der Waals surface area (Å²) < 4.78 is 4.95. The maximum absolute atomic E-state index is 4.95. The molecule has 0 bridgehead atoms. The Morgan fingerprint density at radius 1 is 1.86 bits per heavy atom. The van der Waals surface area contributed by atoms with E-state index in [4.69, 9.17) is 4.74 Å². The maximum Gasteiger partial charge on any atom is 0.0947 e. The first-order chi connectivity index (χ1) is 3.31. The van der Waals surface area contributed by atoms with E-state index in [1.165, 1.54) is 6.26 Å². The lowest BCUT2D eigenvalue weighted by Crippen LogP contribution is -1.99. The van der Waals surface area contributed by atoms with E-state index >= 15 is 0 Å². The summed E-state index contributed by atoms with van der Waals surface area (Å²) in [6, 6.07) is 0. The molecule has 7 heavy (non-hydrogen) atoms. The number of ether oxygens (including phenoxy) is 1. The van der Waals surface area contributed by atoms with Crippen LogP contribution in [0.15, 0.2) is 12.8 Å². The van der Waals surface area contributed by atoms with E-state index in [2.05, 4.69) is 13.5 Å². The van der Waals surface area contributed by atoms with Crippen LogP contribution >= 0.6 is 0 Å². The van der Waals surface area contributed by atoms with E-state index in [1.807, 2.05) is 6.92 Å². The lowest BCUT2D eigenvalue weighted by molar-refractivity contribution is 0.159. The first-order valence-electron chi connectivity index (χ1n) is 2.57. The van der Waals surface area contributed by atoms with Gasteiger partial charge >= 0.3 is 0 Å². The fraction of sp³-hybridized carbons (Fsp3) is 0.667. The van der Waals surface area contributed by atoms with Crippen LogP contribution in [0.3, 0.4) is 0 Å². The SMILES string of the molecule is C=CO[C@H](C)CC. The predicted octanol–water partition coefficient (Wildman–Crippen LogP) is 1.95. The quantitative estimate of drug-likeness (QED) is 0.492. The second-order valence-corrected chi connectivity index (χ2v) is 1.52. The van der Waals surface area contributed by atoms with Crippen molar-refractivity contribution in [1.82, 2.24) is 0 Å². The Balaban J connectivity index is 2.98. The Hall–Kier alpha value is -0.460. The largest absolute Gasteiger partial charge is 0.499 e. The van der Waals surface area contributed by atoms with Gasteiger partial charge in [0, 0.05) is 0 Å². The first kappa shape index (κ1) is 6.54. The molecule has 0 spiro atoms. The van der Waals surface area contributed by atoms with Crippen molar-refractivity contribution in [3.05, 3.63) is 12.8 Å². The van der Waals surface area contributed by atoms with Crippen LogP contribution in [0, 0.1) is 0 Å². The Kier molecular flexibility index (Phi) is 3.48. The molecule has 0 aromatic carbocycles. The van der Waals surface area contributed by atoms with E-state index in [0.717, 1.165) is 6.42 Å². The van der Waals surface area contributed by atoms with Gasteiger partial charge in [0.05, 0.1) is 12.4 Å². The molecule has 0 unspecified atom stereocenters. The minimum absolute atomic E-state index is 0.331. The fourth-order valence-electron chi connectivity index (χ4n) is 0.260. The minimum Gasteiger partial charge on any atom is -0.499 e. The van der Waals surface area contributed by atoms with Crippen LogP contribution in [0.4, 0.5) is 0 Å². The van der Waals surface area contributed by atoms with Crippen molar-refractivity contribution >= 4 is 0 Å². The van der Waals surface area contributed by atoms with Crippen molar-refractivity contribution in [3.8, 4) is 0 Å². The smallest absolute Gasteiger partial charge is 0.0947 e. The number of hydrogen-bond acceptors (Lipinski definition) is 1. The second kappa shape index (κ2) is 3.72. The van der Waals surface area contributed by atoms with Crippen LogP contribution in [-0.4, -0.2) is 6.10 Å². The summed E-state index contributed by atoms with van der Waals surface area (Å²) in [5.74, 6) is 0. The van der Waals surface area contributed by atoms with Crippen LogP contribution in [0.25, 0.3) is 0 Å². The molecular formula is C6H12O. The lowest BCUT2D eigenvalue weighted by atomic mass is 10.3. The molecule has 1 heteroatoms. The highest BCUT2D eigenvalue weighted by molar-refractivity contribution is 4.53. The highest BCUT2D eigenvalue weighted by Gasteiger charge is 1.90. The zero-order valence-corrected chi connectivity index (χ0v) is 4.98. The summed E-state index contributed by atoms with van der Waals surface area (Å²) in [6.07, 6.45) is 2.86. The van der Waals surface area contributed by atoms with E-state index < -0.39 is 0 Å². The molecule has 0 aliphatic rings. The molecule has 0 aliphatic heterocycles. The monoisotopic (exact) mass is 100 g/mol. The predicted molar refractivity (Wildman–Crippen MR) is 31.0 cm³/mol. The molecule has 0 N–H and O–H groups in total. The zero-order chi connectivity index (χ0) is 5.70. The molecular weight excluding hydrogens is 88.1 g/mol. The topological polar surface area (TPSA) is 9.23 Å². The molecule has 0 heterocycles. The number of hydrogen-bond donors (Lipinski definition) is 0. The summed E-state index contributed by atoms with van der Waals surface area (Å²) in [7, 11) is 0. The molecule has 42 valence electrons. The highest BCUT2D eigenvalue weighted by atomic mass is 16.5. The molecule has 0 saturated heterocycles. The molecule has 1 atom stereocenters. The van der Waals surface area contributed by atoms with Crippen molar-refractivity contribution < 1.29 is 4.74 Å². The third-order valence-electron chi connectivity index (χ3n) is 0.903. The number of rotatable bonds is 3. The van der Waals surface area contributed by atoms with Crippen molar-refractivity contribution in [3.63, 3.8) is 0 Å². The molecule has 0 aromatic rings. The maximum atomic E-state index is 4.95. The van der Waals surface area contributed by atoms with E-state index in [0.29, 0.717) is 6.10 Å². The van der Waals surface area contributed by atoms with Gasteiger partial charge in [0.1, 0.15) is 0 Å². The van der Waals surface area contributed by atoms with E-state index in [1.54, 1.807) is 0 Å². The van der Waals surface area contributed by atoms with Crippen molar-refractivity contribution in [1.29, 1.82) is 0 Å². The van der Waals surface area contributed by atoms with Gasteiger partial charge in [-0.1, -0.05) is 13.5 Å². The van der Waals surface area contributed by atoms with Gasteiger partial charge in [-0.25, -0.2) is 0 Å². The minimum atomic E-state index is 0.331. The van der Waals surface area contributed by atoms with Crippen molar-refractivity contribution in [2.75, 3.05) is 0 Å². The molecule has 0 aromatic heterocycles. The van der Waals surface area contributed by atoms with Gasteiger partial charge in [0.25, 0.3) is 0 Å². The Bertz CT molecular complexity index is 50.1. The first-order valence-corrected chi connectivity index (χ1v) is 2.57. The summed E-state index contributed by atoms with van der Waals surface area (Å²) >= 11 is 0. The molecule has 0 aliphatic carbocycles. The molecule has 0 radical (unpaired) electrons. The third kappa shape index (κ3) is 3.37. The summed E-state index contributed by atoms with van der Waals surface area (Å²) in [5.41, 5.74) is 0. The van der Waals surface area contributed by atoms with Gasteiger partial charge in [0.2, 0.25) is 0 Å². The molecule has 1 nitrogen and oxygen atoms in total. The molecule has 0 rings (SSSR count). The second-order valence-electron chi connectivity index (χ2n) is 1.52. The van der Waals surface area contributed by atoms with Gasteiger partial charge in [-0.3, -0.25) is 0 Å². The van der Waals surface area contributed by atoms with Gasteiger partial charge < -0.3 is 4.74 Å². The van der Waals surface area contributed by atoms with Crippen molar-refractivity contribution in [2.45, 2.75) is 26.4 Å². The van der Waals surface area contributed by atoms with Gasteiger partial charge in [-0.15, -0.1) is 0 Å². The Labute approximate surface area is 45.0 Å². The zero-order valence-electron chi connectivity index (χ0n) is 4.98. The van der Waals surface area contributed by atoms with Crippen LogP contribution in [-0.2, 0) is 4.74 Å². The average Bonchev–Trinajstić information content (AvgIpc) is 1.68. The van der Waals surface area contributed by atoms with Gasteiger partial charge in [-0.05, 0) is 13.3 Å². The van der Waals surface area contributed by atoms with Crippen LogP contribution in [0.5, 0.6) is 0 Å². The van der Waals surface area contributed by atoms with E-state index in [9.17, 15) is 0 Å². The summed E-state index contributed by atoms with van der Waals surface area (Å²) in [6.45, 7) is 7.52. The molecule has 0 amide bonds. The van der Waals surface area contributed by atoms with Crippen LogP contribution in [0.1, 0.15) is 20.3 Å². The summed E-state index contributed by atoms with van der Waals surface area (Å²) in [5, 5.41) is 0. The lowest BCUT2D eigenvalue weighted by Gasteiger charge is -2.04. The van der Waals surface area contributed by atoms with Crippen molar-refractivity contribution in [2.24, 2.45) is 0 Å². The molecule has 0 fully saturated rings. The van der Waals surface area contributed by atoms with Crippen LogP contribution in [0.2, 0.25) is 0 Å². The Morgan fingerprint density at radius 3 is 2.57 bits per heavy atom. The third-order valence-corrected chi connectivity index (χ3v) is 0.903. The highest BCUT2D eigenvalue weighted by Crippen LogP contribution is 1.93. The van der Waals surface area contributed by atoms with Gasteiger partial charge in [-0.2, -0.15) is 0 Å². The summed E-state index contributed by atoms with van der Waals surface area (Å²) in [4.78, 5) is 0. The normalized spacial score (nSPS) is 12.9. The van der Waals surface area contributed by atoms with Gasteiger partial charge in [0.15, 0.2) is 0 Å².